The lowest BCUT2D eigenvalue weighted by Gasteiger charge is -2.15. The molecule has 0 fully saturated rings. The minimum Gasteiger partial charge on any atom is -0.462 e. The van der Waals surface area contributed by atoms with Crippen LogP contribution in [-0.2, 0) is 19.1 Å². The van der Waals surface area contributed by atoms with E-state index in [2.05, 4.69) is 74.6 Å². The van der Waals surface area contributed by atoms with Crippen molar-refractivity contribution in [1.82, 2.24) is 0 Å². The number of hydrogen-bond acceptors (Lipinski definition) is 5. The molecule has 5 nitrogen and oxygen atoms in total. The number of hydrogen-bond donors (Lipinski definition) is 1. The lowest BCUT2D eigenvalue weighted by Crippen LogP contribution is -2.28. The second-order valence-electron chi connectivity index (χ2n) is 22.9. The van der Waals surface area contributed by atoms with E-state index in [1.54, 1.807) is 0 Å². The summed E-state index contributed by atoms with van der Waals surface area (Å²) in [4.78, 5) is 24.6. The van der Waals surface area contributed by atoms with Crippen molar-refractivity contribution in [2.75, 3.05) is 13.2 Å². The Morgan fingerprint density at radius 3 is 0.868 bits per heavy atom. The minimum absolute atomic E-state index is 0.0611. The standard InChI is InChI=1S/C71H130O5/c1-3-5-7-9-11-13-15-17-19-21-23-25-27-29-31-33-34-35-36-38-40-42-44-46-48-50-52-54-56-58-60-62-64-66-71(74)76-69(67-72)68-75-70(73)65-63-61-59-57-55-53-51-49-47-45-43-41-39-37-32-30-28-26-24-22-20-18-16-14-12-10-8-6-4-2/h5,7,11,13,17,19,22-25,69,72H,3-4,6,8-10,12,14-16,18,20-21,26-68H2,1-2H3/b7-5-,13-11-,19-17-,24-22-,25-23-. The van der Waals surface area contributed by atoms with Crippen molar-refractivity contribution < 1.29 is 24.2 Å². The molecule has 5 heteroatoms. The van der Waals surface area contributed by atoms with Gasteiger partial charge >= 0.3 is 11.9 Å². The van der Waals surface area contributed by atoms with E-state index in [9.17, 15) is 14.7 Å². The fourth-order valence-corrected chi connectivity index (χ4v) is 10.3. The van der Waals surface area contributed by atoms with Crippen LogP contribution in [0.1, 0.15) is 361 Å². The number of allylic oxidation sites excluding steroid dienone is 10. The van der Waals surface area contributed by atoms with Gasteiger partial charge in [0, 0.05) is 12.8 Å². The summed E-state index contributed by atoms with van der Waals surface area (Å²) < 4.78 is 10.8. The lowest BCUT2D eigenvalue weighted by molar-refractivity contribution is -0.161. The maximum Gasteiger partial charge on any atom is 0.306 e. The number of unbranched alkanes of at least 4 members (excludes halogenated alkanes) is 45. The van der Waals surface area contributed by atoms with E-state index in [4.69, 9.17) is 9.47 Å². The van der Waals surface area contributed by atoms with E-state index < -0.39 is 6.10 Å². The zero-order valence-electron chi connectivity index (χ0n) is 51.0. The molecule has 1 unspecified atom stereocenters. The molecule has 0 aromatic heterocycles. The van der Waals surface area contributed by atoms with Crippen molar-refractivity contribution >= 4 is 11.9 Å². The van der Waals surface area contributed by atoms with Gasteiger partial charge in [0.05, 0.1) is 6.61 Å². The molecule has 0 rings (SSSR count). The second kappa shape index (κ2) is 66.9. The molecule has 76 heavy (non-hydrogen) atoms. The first-order valence-corrected chi connectivity index (χ1v) is 33.8. The zero-order chi connectivity index (χ0) is 54.8. The van der Waals surface area contributed by atoms with Crippen LogP contribution in [-0.4, -0.2) is 36.4 Å². The minimum atomic E-state index is -0.772. The van der Waals surface area contributed by atoms with E-state index in [1.165, 1.54) is 270 Å². The molecule has 0 aliphatic heterocycles. The average Bonchev–Trinajstić information content (AvgIpc) is 3.42. The maximum atomic E-state index is 12.4. The fourth-order valence-electron chi connectivity index (χ4n) is 10.3. The summed E-state index contributed by atoms with van der Waals surface area (Å²) in [5.74, 6) is -0.570. The third kappa shape index (κ3) is 64.1. The molecule has 0 saturated carbocycles. The van der Waals surface area contributed by atoms with Gasteiger partial charge in [0.25, 0.3) is 0 Å². The Balaban J connectivity index is 3.40. The summed E-state index contributed by atoms with van der Waals surface area (Å²) in [6.45, 7) is 4.08. The highest BCUT2D eigenvalue weighted by Gasteiger charge is 2.16. The molecule has 0 aromatic carbocycles. The van der Waals surface area contributed by atoms with E-state index in [-0.39, 0.29) is 25.2 Å². The maximum absolute atomic E-state index is 12.4. The van der Waals surface area contributed by atoms with Gasteiger partial charge in [0.2, 0.25) is 0 Å². The molecule has 1 atom stereocenters. The third-order valence-electron chi connectivity index (χ3n) is 15.3. The van der Waals surface area contributed by atoms with Crippen molar-refractivity contribution in [3.8, 4) is 0 Å². The van der Waals surface area contributed by atoms with Crippen LogP contribution in [0.25, 0.3) is 0 Å². The van der Waals surface area contributed by atoms with Gasteiger partial charge in [-0.15, -0.1) is 0 Å². The molecule has 0 spiro atoms. The number of rotatable bonds is 63. The number of carbonyl (C=O) groups excluding carboxylic acids is 2. The molecule has 0 amide bonds. The molecule has 444 valence electrons. The van der Waals surface area contributed by atoms with Crippen LogP contribution in [0.2, 0.25) is 0 Å². The highest BCUT2D eigenvalue weighted by atomic mass is 16.6. The molecule has 0 radical (unpaired) electrons. The Morgan fingerprint density at radius 2 is 0.566 bits per heavy atom. The fraction of sp³-hybridized carbons (Fsp3) is 0.831. The number of ether oxygens (including phenoxy) is 2. The first-order chi connectivity index (χ1) is 37.6. The number of carbonyl (C=O) groups is 2. The van der Waals surface area contributed by atoms with Crippen LogP contribution in [0, 0.1) is 0 Å². The van der Waals surface area contributed by atoms with Crippen LogP contribution < -0.4 is 0 Å². The predicted molar refractivity (Wildman–Crippen MR) is 334 cm³/mol. The van der Waals surface area contributed by atoms with Gasteiger partial charge in [-0.05, 0) is 77.0 Å². The third-order valence-corrected chi connectivity index (χ3v) is 15.3. The molecule has 0 aromatic rings. The van der Waals surface area contributed by atoms with Crippen LogP contribution in [0.15, 0.2) is 60.8 Å². The number of aliphatic hydroxyl groups excluding tert-OH is 1. The van der Waals surface area contributed by atoms with Crippen molar-refractivity contribution in [1.29, 1.82) is 0 Å². The van der Waals surface area contributed by atoms with Crippen molar-refractivity contribution in [3.63, 3.8) is 0 Å². The second-order valence-corrected chi connectivity index (χ2v) is 22.9. The smallest absolute Gasteiger partial charge is 0.306 e. The molecule has 1 N–H and O–H groups in total. The highest BCUT2D eigenvalue weighted by molar-refractivity contribution is 5.70. The van der Waals surface area contributed by atoms with Gasteiger partial charge in [-0.25, -0.2) is 0 Å². The molecule has 0 aliphatic carbocycles. The van der Waals surface area contributed by atoms with Gasteiger partial charge in [-0.1, -0.05) is 331 Å². The van der Waals surface area contributed by atoms with Crippen LogP contribution in [0.3, 0.4) is 0 Å². The van der Waals surface area contributed by atoms with E-state index in [0.717, 1.165) is 64.2 Å². The summed E-state index contributed by atoms with van der Waals surface area (Å²) in [6, 6.07) is 0. The Bertz CT molecular complexity index is 1300. The number of aliphatic hydroxyl groups is 1. The van der Waals surface area contributed by atoms with E-state index in [1.807, 2.05) is 0 Å². The van der Waals surface area contributed by atoms with E-state index >= 15 is 0 Å². The van der Waals surface area contributed by atoms with Crippen molar-refractivity contribution in [2.24, 2.45) is 0 Å². The average molecular weight is 1060 g/mol. The Labute approximate surface area is 474 Å². The number of esters is 2. The topological polar surface area (TPSA) is 72.8 Å². The molecule has 0 heterocycles. The summed E-state index contributed by atoms with van der Waals surface area (Å²) in [7, 11) is 0. The quantitative estimate of drug-likeness (QED) is 0.0373. The van der Waals surface area contributed by atoms with Gasteiger partial charge < -0.3 is 14.6 Å². The Hall–Kier alpha value is -2.40. The summed E-state index contributed by atoms with van der Waals surface area (Å²) in [5.41, 5.74) is 0. The van der Waals surface area contributed by atoms with Gasteiger partial charge in [0.1, 0.15) is 6.61 Å². The van der Waals surface area contributed by atoms with Crippen LogP contribution in [0.4, 0.5) is 0 Å². The van der Waals surface area contributed by atoms with Crippen molar-refractivity contribution in [2.45, 2.75) is 367 Å². The lowest BCUT2D eigenvalue weighted by atomic mass is 10.0. The SMILES string of the molecule is CC/C=C\C/C=C\C/C=C\C/C=C\CCCCCCCCCCCCCCCCCCCCCCC(=O)OC(CO)COC(=O)CCCCCCCCCCCCCCCCCCC/C=C\CCCCCCCCCC. The highest BCUT2D eigenvalue weighted by Crippen LogP contribution is 2.18. The Kier molecular flexibility index (Phi) is 64.8. The van der Waals surface area contributed by atoms with Crippen molar-refractivity contribution in [3.05, 3.63) is 60.8 Å². The molecular weight excluding hydrogens is 933 g/mol. The summed E-state index contributed by atoms with van der Waals surface area (Å²) in [5, 5.41) is 9.70. The predicted octanol–water partition coefficient (Wildman–Crippen LogP) is 23.3. The van der Waals surface area contributed by atoms with Gasteiger partial charge in [-0.2, -0.15) is 0 Å². The van der Waals surface area contributed by atoms with Gasteiger partial charge in [-0.3, -0.25) is 9.59 Å². The molecule has 0 aliphatic rings. The largest absolute Gasteiger partial charge is 0.462 e. The molecule has 0 bridgehead atoms. The van der Waals surface area contributed by atoms with Crippen LogP contribution >= 0.6 is 0 Å². The first-order valence-electron chi connectivity index (χ1n) is 33.8. The summed E-state index contributed by atoms with van der Waals surface area (Å²) >= 11 is 0. The first kappa shape index (κ1) is 73.6. The van der Waals surface area contributed by atoms with Crippen LogP contribution in [0.5, 0.6) is 0 Å². The molecular formula is C71H130O5. The van der Waals surface area contributed by atoms with Gasteiger partial charge in [0.15, 0.2) is 6.10 Å². The van der Waals surface area contributed by atoms with E-state index in [0.29, 0.717) is 12.8 Å². The monoisotopic (exact) mass is 1060 g/mol. The Morgan fingerprint density at radius 1 is 0.316 bits per heavy atom. The zero-order valence-corrected chi connectivity index (χ0v) is 51.0. The summed E-state index contributed by atoms with van der Waals surface area (Å²) in [6.07, 6.45) is 91.1. The molecule has 0 saturated heterocycles. The normalized spacial score (nSPS) is 12.5.